The third kappa shape index (κ3) is 3.65. The van der Waals surface area contributed by atoms with E-state index in [-0.39, 0.29) is 6.04 Å². The number of rotatable bonds is 3. The summed E-state index contributed by atoms with van der Waals surface area (Å²) in [7, 11) is 0. The maximum atomic E-state index is 10.4. The molecule has 1 heterocycles. The van der Waals surface area contributed by atoms with Crippen molar-refractivity contribution in [1.29, 1.82) is 0 Å². The molecule has 3 aromatic carbocycles. The second kappa shape index (κ2) is 7.53. The van der Waals surface area contributed by atoms with Gasteiger partial charge >= 0.3 is 0 Å². The Bertz CT molecular complexity index is 1100. The van der Waals surface area contributed by atoms with Crippen LogP contribution in [0, 0.1) is 11.8 Å². The Morgan fingerprint density at radius 1 is 0.778 bits per heavy atom. The molecular formula is C25H21NO. The lowest BCUT2D eigenvalue weighted by atomic mass is 10.0. The molecule has 0 aliphatic carbocycles. The molecule has 0 amide bonds. The Kier molecular flexibility index (Phi) is 4.78. The maximum Gasteiger partial charge on any atom is 0.0842 e. The number of hydrogen-bond donors (Lipinski definition) is 1. The van der Waals surface area contributed by atoms with Gasteiger partial charge < -0.3 is 9.67 Å². The van der Waals surface area contributed by atoms with Crippen molar-refractivity contribution in [3.05, 3.63) is 108 Å². The number of benzene rings is 3. The van der Waals surface area contributed by atoms with Crippen molar-refractivity contribution in [2.24, 2.45) is 0 Å². The van der Waals surface area contributed by atoms with Gasteiger partial charge in [-0.05, 0) is 48.9 Å². The van der Waals surface area contributed by atoms with E-state index in [4.69, 9.17) is 0 Å². The van der Waals surface area contributed by atoms with Crippen LogP contribution in [-0.2, 0) is 0 Å². The lowest BCUT2D eigenvalue weighted by Gasteiger charge is -2.23. The molecule has 0 aliphatic rings. The predicted octanol–water partition coefficient (Wildman–Crippen LogP) is 5.01. The molecular weight excluding hydrogens is 330 g/mol. The van der Waals surface area contributed by atoms with Gasteiger partial charge in [-0.1, -0.05) is 60.4 Å². The summed E-state index contributed by atoms with van der Waals surface area (Å²) in [5.74, 6) is 6.44. The fourth-order valence-electron chi connectivity index (χ4n) is 3.47. The molecule has 0 bridgehead atoms. The van der Waals surface area contributed by atoms with Gasteiger partial charge in [0.15, 0.2) is 0 Å². The topological polar surface area (TPSA) is 25.2 Å². The lowest BCUT2D eigenvalue weighted by Crippen LogP contribution is -2.21. The predicted molar refractivity (Wildman–Crippen MR) is 111 cm³/mol. The third-order valence-electron chi connectivity index (χ3n) is 4.74. The van der Waals surface area contributed by atoms with Crippen LogP contribution in [0.4, 0.5) is 0 Å². The van der Waals surface area contributed by atoms with Gasteiger partial charge in [0.05, 0.1) is 12.1 Å². The van der Waals surface area contributed by atoms with Crippen LogP contribution in [0.2, 0.25) is 0 Å². The minimum atomic E-state index is -0.499. The summed E-state index contributed by atoms with van der Waals surface area (Å²) >= 11 is 0. The van der Waals surface area contributed by atoms with Crippen LogP contribution >= 0.6 is 0 Å². The van der Waals surface area contributed by atoms with Crippen molar-refractivity contribution in [2.75, 3.05) is 0 Å². The van der Waals surface area contributed by atoms with Crippen LogP contribution in [0.25, 0.3) is 10.9 Å². The lowest BCUT2D eigenvalue weighted by molar-refractivity contribution is 0.151. The summed E-state index contributed by atoms with van der Waals surface area (Å²) in [6, 6.07) is 28.3. The maximum absolute atomic E-state index is 10.4. The van der Waals surface area contributed by atoms with E-state index in [0.29, 0.717) is 0 Å². The molecule has 2 atom stereocenters. The highest BCUT2D eigenvalue weighted by Gasteiger charge is 2.20. The van der Waals surface area contributed by atoms with E-state index in [1.807, 2.05) is 67.7 Å². The summed E-state index contributed by atoms with van der Waals surface area (Å²) in [4.78, 5) is 0. The Labute approximate surface area is 159 Å². The summed E-state index contributed by atoms with van der Waals surface area (Å²) in [6.07, 6.45) is 1.55. The van der Waals surface area contributed by atoms with Crippen molar-refractivity contribution < 1.29 is 5.11 Å². The highest BCUT2D eigenvalue weighted by atomic mass is 16.3. The van der Waals surface area contributed by atoms with Crippen LogP contribution in [-0.4, -0.2) is 15.8 Å². The van der Waals surface area contributed by atoms with Crippen molar-refractivity contribution in [3.8, 4) is 11.8 Å². The van der Waals surface area contributed by atoms with Crippen molar-refractivity contribution >= 4 is 10.9 Å². The average Bonchev–Trinajstić information content (AvgIpc) is 3.11. The zero-order valence-corrected chi connectivity index (χ0v) is 15.2. The Hall–Kier alpha value is -3.28. The quantitative estimate of drug-likeness (QED) is 0.516. The Morgan fingerprint density at radius 3 is 2.15 bits per heavy atom. The number of fused-ring (bicyclic) bond motifs is 1. The number of aromatic nitrogens is 1. The Balaban J connectivity index is 1.71. The first kappa shape index (κ1) is 17.1. The Morgan fingerprint density at radius 2 is 1.44 bits per heavy atom. The second-order valence-electron chi connectivity index (χ2n) is 6.71. The molecule has 132 valence electrons. The van der Waals surface area contributed by atoms with Gasteiger partial charge in [0, 0.05) is 28.2 Å². The fourth-order valence-corrected chi connectivity index (χ4v) is 3.47. The molecule has 27 heavy (non-hydrogen) atoms. The molecule has 0 saturated heterocycles. The SMILES string of the molecule is C[C@H](O)[C@H](c1ccccc1)n1ccc2cc(C#Cc3ccccc3)ccc21. The van der Waals surface area contributed by atoms with Crippen molar-refractivity contribution in [3.63, 3.8) is 0 Å². The van der Waals surface area contributed by atoms with E-state index in [0.717, 1.165) is 27.6 Å². The minimum Gasteiger partial charge on any atom is -0.391 e. The van der Waals surface area contributed by atoms with E-state index in [1.165, 1.54) is 0 Å². The molecule has 2 heteroatoms. The first-order valence-corrected chi connectivity index (χ1v) is 9.13. The molecule has 1 N–H and O–H groups in total. The van der Waals surface area contributed by atoms with Gasteiger partial charge in [0.25, 0.3) is 0 Å². The van der Waals surface area contributed by atoms with Crippen LogP contribution in [0.5, 0.6) is 0 Å². The number of hydrogen-bond acceptors (Lipinski definition) is 1. The van der Waals surface area contributed by atoms with E-state index in [9.17, 15) is 5.11 Å². The molecule has 0 spiro atoms. The highest BCUT2D eigenvalue weighted by Crippen LogP contribution is 2.28. The van der Waals surface area contributed by atoms with Gasteiger partial charge in [-0.2, -0.15) is 0 Å². The smallest absolute Gasteiger partial charge is 0.0842 e. The van der Waals surface area contributed by atoms with Crippen LogP contribution in [0.1, 0.15) is 29.7 Å². The third-order valence-corrected chi connectivity index (χ3v) is 4.74. The van der Waals surface area contributed by atoms with Gasteiger partial charge in [-0.15, -0.1) is 0 Å². The molecule has 0 radical (unpaired) electrons. The van der Waals surface area contributed by atoms with Gasteiger partial charge in [-0.3, -0.25) is 0 Å². The van der Waals surface area contributed by atoms with Gasteiger partial charge in [-0.25, -0.2) is 0 Å². The summed E-state index contributed by atoms with van der Waals surface area (Å²) in [6.45, 7) is 1.84. The zero-order chi connectivity index (χ0) is 18.6. The standard InChI is InChI=1S/C25H21NO/c1-19(27)25(22-10-6-3-7-11-22)26-17-16-23-18-21(14-15-24(23)26)13-12-20-8-4-2-5-9-20/h2-11,14-19,25,27H,1H3/t19-,25+/m0/s1. The second-order valence-corrected chi connectivity index (χ2v) is 6.71. The first-order chi connectivity index (χ1) is 13.2. The van der Waals surface area contributed by atoms with Crippen LogP contribution in [0.3, 0.4) is 0 Å². The monoisotopic (exact) mass is 351 g/mol. The molecule has 1 aromatic heterocycles. The average molecular weight is 351 g/mol. The summed E-state index contributed by atoms with van der Waals surface area (Å²) < 4.78 is 2.14. The van der Waals surface area contributed by atoms with Crippen LogP contribution in [0.15, 0.2) is 91.1 Å². The number of nitrogens with zero attached hydrogens (tertiary/aromatic N) is 1. The molecule has 0 fully saturated rings. The molecule has 4 rings (SSSR count). The van der Waals surface area contributed by atoms with E-state index in [2.05, 4.69) is 46.7 Å². The van der Waals surface area contributed by atoms with Gasteiger partial charge in [0.1, 0.15) is 0 Å². The minimum absolute atomic E-state index is 0.120. The summed E-state index contributed by atoms with van der Waals surface area (Å²) in [5, 5.41) is 11.5. The summed E-state index contributed by atoms with van der Waals surface area (Å²) in [5.41, 5.74) is 4.18. The highest BCUT2D eigenvalue weighted by molar-refractivity contribution is 5.82. The molecule has 0 unspecified atom stereocenters. The molecule has 0 aliphatic heterocycles. The van der Waals surface area contributed by atoms with Gasteiger partial charge in [0.2, 0.25) is 0 Å². The number of aliphatic hydroxyl groups excluding tert-OH is 1. The zero-order valence-electron chi connectivity index (χ0n) is 15.2. The largest absolute Gasteiger partial charge is 0.391 e. The normalized spacial score (nSPS) is 13.0. The van der Waals surface area contributed by atoms with Crippen molar-refractivity contribution in [1.82, 2.24) is 4.57 Å². The molecule has 0 saturated carbocycles. The van der Waals surface area contributed by atoms with E-state index in [1.54, 1.807) is 0 Å². The van der Waals surface area contributed by atoms with Crippen LogP contribution < -0.4 is 0 Å². The number of aliphatic hydroxyl groups is 1. The van der Waals surface area contributed by atoms with Crippen molar-refractivity contribution in [2.45, 2.75) is 19.1 Å². The first-order valence-electron chi connectivity index (χ1n) is 9.13. The van der Waals surface area contributed by atoms with E-state index >= 15 is 0 Å². The molecule has 4 aromatic rings. The molecule has 2 nitrogen and oxygen atoms in total. The van der Waals surface area contributed by atoms with E-state index < -0.39 is 6.10 Å². The fraction of sp³-hybridized carbons (Fsp3) is 0.120.